The number of rotatable bonds is 4. The Morgan fingerprint density at radius 2 is 1.88 bits per heavy atom. The quantitative estimate of drug-likeness (QED) is 0.768. The summed E-state index contributed by atoms with van der Waals surface area (Å²) in [5.41, 5.74) is 0.352. The Morgan fingerprint density at radius 1 is 1.15 bits per heavy atom. The molecule has 0 bridgehead atoms. The average molecular weight is 360 g/mol. The number of aryl methyl sites for hydroxylation is 1. The summed E-state index contributed by atoms with van der Waals surface area (Å²) in [5, 5.41) is 10.1. The Labute approximate surface area is 147 Å². The van der Waals surface area contributed by atoms with Crippen molar-refractivity contribution in [1.82, 2.24) is 15.0 Å². The zero-order valence-electron chi connectivity index (χ0n) is 13.8. The topological polar surface area (TPSA) is 59.8 Å². The number of anilines is 1. The van der Waals surface area contributed by atoms with E-state index in [2.05, 4.69) is 15.6 Å². The normalized spacial score (nSPS) is 11.4. The van der Waals surface area contributed by atoms with Crippen molar-refractivity contribution in [2.24, 2.45) is 0 Å². The molecule has 0 saturated heterocycles. The number of nitrogens with one attached hydrogen (secondary N) is 1. The van der Waals surface area contributed by atoms with Gasteiger partial charge in [-0.25, -0.2) is 4.68 Å². The van der Waals surface area contributed by atoms with Gasteiger partial charge in [-0.2, -0.15) is 13.2 Å². The predicted octanol–water partition coefficient (Wildman–Crippen LogP) is 3.91. The summed E-state index contributed by atoms with van der Waals surface area (Å²) < 4.78 is 40.4. The van der Waals surface area contributed by atoms with Crippen LogP contribution < -0.4 is 5.32 Å². The van der Waals surface area contributed by atoms with Crippen LogP contribution in [0, 0.1) is 6.92 Å². The minimum Gasteiger partial charge on any atom is -0.321 e. The third-order valence-electron chi connectivity index (χ3n) is 3.76. The molecule has 0 aliphatic carbocycles. The molecule has 0 radical (unpaired) electrons. The highest BCUT2D eigenvalue weighted by atomic mass is 19.4. The fourth-order valence-electron chi connectivity index (χ4n) is 2.45. The van der Waals surface area contributed by atoms with E-state index in [0.717, 1.165) is 11.6 Å². The molecule has 0 spiro atoms. The maximum atomic E-state index is 13.0. The van der Waals surface area contributed by atoms with Crippen LogP contribution in [0.5, 0.6) is 0 Å². The van der Waals surface area contributed by atoms with Crippen LogP contribution in [0.3, 0.4) is 0 Å². The van der Waals surface area contributed by atoms with Gasteiger partial charge < -0.3 is 5.32 Å². The monoisotopic (exact) mass is 360 g/mol. The highest BCUT2D eigenvalue weighted by Gasteiger charge is 2.32. The largest absolute Gasteiger partial charge is 0.416 e. The molecule has 3 rings (SSSR count). The molecular formula is C18H15F3N4O. The van der Waals surface area contributed by atoms with Crippen LogP contribution in [0.2, 0.25) is 0 Å². The van der Waals surface area contributed by atoms with E-state index in [1.807, 2.05) is 30.3 Å². The molecule has 0 unspecified atom stereocenters. The van der Waals surface area contributed by atoms with Crippen LogP contribution in [0.15, 0.2) is 54.7 Å². The molecule has 0 aliphatic heterocycles. The average Bonchev–Trinajstić information content (AvgIpc) is 3.05. The van der Waals surface area contributed by atoms with Crippen LogP contribution in [0.25, 0.3) is 0 Å². The Balaban J connectivity index is 1.73. The number of amides is 1. The lowest BCUT2D eigenvalue weighted by Gasteiger charge is -2.12. The Hall–Kier alpha value is -3.16. The second-order valence-electron chi connectivity index (χ2n) is 5.77. The Bertz CT molecular complexity index is 920. The van der Waals surface area contributed by atoms with Gasteiger partial charge in [-0.3, -0.25) is 4.79 Å². The number of hydrogen-bond donors (Lipinski definition) is 1. The highest BCUT2D eigenvalue weighted by Crippen LogP contribution is 2.33. The molecule has 0 fully saturated rings. The first-order valence-electron chi connectivity index (χ1n) is 7.76. The van der Waals surface area contributed by atoms with Gasteiger partial charge in [-0.1, -0.05) is 41.6 Å². The van der Waals surface area contributed by atoms with Crippen LogP contribution in [-0.2, 0) is 12.7 Å². The fourth-order valence-corrected chi connectivity index (χ4v) is 2.45. The first-order chi connectivity index (χ1) is 12.3. The second-order valence-corrected chi connectivity index (χ2v) is 5.77. The lowest BCUT2D eigenvalue weighted by molar-refractivity contribution is -0.138. The maximum absolute atomic E-state index is 13.0. The first-order valence-corrected chi connectivity index (χ1v) is 7.76. The van der Waals surface area contributed by atoms with E-state index < -0.39 is 17.6 Å². The Morgan fingerprint density at radius 3 is 2.58 bits per heavy atom. The summed E-state index contributed by atoms with van der Waals surface area (Å²) >= 11 is 0. The van der Waals surface area contributed by atoms with Gasteiger partial charge in [0.15, 0.2) is 5.69 Å². The second kappa shape index (κ2) is 6.99. The third kappa shape index (κ3) is 4.08. The molecule has 8 heteroatoms. The van der Waals surface area contributed by atoms with Crippen LogP contribution >= 0.6 is 0 Å². The van der Waals surface area contributed by atoms with Crippen molar-refractivity contribution in [3.8, 4) is 0 Å². The lowest BCUT2D eigenvalue weighted by atomic mass is 10.1. The SMILES string of the molecule is Cc1ccc(NC(=O)c2cn(Cc3ccccc3)nn2)cc1C(F)(F)F. The van der Waals surface area contributed by atoms with Gasteiger partial charge in [0, 0.05) is 5.69 Å². The summed E-state index contributed by atoms with van der Waals surface area (Å²) in [6.45, 7) is 1.80. The molecule has 3 aromatic rings. The van der Waals surface area contributed by atoms with Crippen molar-refractivity contribution >= 4 is 11.6 Å². The van der Waals surface area contributed by atoms with Crippen molar-refractivity contribution in [1.29, 1.82) is 0 Å². The van der Waals surface area contributed by atoms with E-state index >= 15 is 0 Å². The van der Waals surface area contributed by atoms with Crippen molar-refractivity contribution in [2.75, 3.05) is 5.32 Å². The molecular weight excluding hydrogens is 345 g/mol. The lowest BCUT2D eigenvalue weighted by Crippen LogP contribution is -2.14. The van der Waals surface area contributed by atoms with E-state index in [4.69, 9.17) is 0 Å². The molecule has 134 valence electrons. The van der Waals surface area contributed by atoms with Crippen LogP contribution in [0.1, 0.15) is 27.2 Å². The fraction of sp³-hybridized carbons (Fsp3) is 0.167. The minimum absolute atomic E-state index is 0.0232. The van der Waals surface area contributed by atoms with Crippen LogP contribution in [0.4, 0.5) is 18.9 Å². The number of benzene rings is 2. The molecule has 1 N–H and O–H groups in total. The number of hydrogen-bond acceptors (Lipinski definition) is 3. The van der Waals surface area contributed by atoms with Crippen molar-refractivity contribution in [3.05, 3.63) is 77.1 Å². The summed E-state index contributed by atoms with van der Waals surface area (Å²) in [5.74, 6) is -0.624. The van der Waals surface area contributed by atoms with E-state index in [0.29, 0.717) is 6.54 Å². The van der Waals surface area contributed by atoms with Crippen molar-refractivity contribution in [2.45, 2.75) is 19.6 Å². The smallest absolute Gasteiger partial charge is 0.321 e. The molecule has 1 heterocycles. The third-order valence-corrected chi connectivity index (χ3v) is 3.76. The van der Waals surface area contributed by atoms with Crippen molar-refractivity contribution < 1.29 is 18.0 Å². The molecule has 0 aliphatic rings. The number of carbonyl (C=O) groups excluding carboxylic acids is 1. The number of halogens is 3. The molecule has 0 saturated carbocycles. The van der Waals surface area contributed by atoms with E-state index in [-0.39, 0.29) is 16.9 Å². The number of alkyl halides is 3. The zero-order chi connectivity index (χ0) is 18.7. The molecule has 1 amide bonds. The van der Waals surface area contributed by atoms with Crippen molar-refractivity contribution in [3.63, 3.8) is 0 Å². The molecule has 0 atom stereocenters. The van der Waals surface area contributed by atoms with E-state index in [1.54, 1.807) is 0 Å². The molecule has 5 nitrogen and oxygen atoms in total. The summed E-state index contributed by atoms with van der Waals surface area (Å²) in [6.07, 6.45) is -3.04. The van der Waals surface area contributed by atoms with E-state index in [9.17, 15) is 18.0 Å². The van der Waals surface area contributed by atoms with Gasteiger partial charge in [-0.15, -0.1) is 5.10 Å². The summed E-state index contributed by atoms with van der Waals surface area (Å²) in [7, 11) is 0. The van der Waals surface area contributed by atoms with Gasteiger partial charge in [0.1, 0.15) is 0 Å². The van der Waals surface area contributed by atoms with Gasteiger partial charge in [0.25, 0.3) is 5.91 Å². The molecule has 2 aromatic carbocycles. The predicted molar refractivity (Wildman–Crippen MR) is 89.7 cm³/mol. The van der Waals surface area contributed by atoms with Gasteiger partial charge >= 0.3 is 6.18 Å². The number of carbonyl (C=O) groups is 1. The molecule has 26 heavy (non-hydrogen) atoms. The summed E-state index contributed by atoms with van der Waals surface area (Å²) in [4.78, 5) is 12.2. The highest BCUT2D eigenvalue weighted by molar-refractivity contribution is 6.02. The number of aromatic nitrogens is 3. The van der Waals surface area contributed by atoms with Gasteiger partial charge in [0.2, 0.25) is 0 Å². The molecule has 1 aromatic heterocycles. The first kappa shape index (κ1) is 17.7. The van der Waals surface area contributed by atoms with Gasteiger partial charge in [0.05, 0.1) is 18.3 Å². The minimum atomic E-state index is -4.48. The summed E-state index contributed by atoms with van der Waals surface area (Å²) in [6, 6.07) is 13.1. The standard InChI is InChI=1S/C18H15F3N4O/c1-12-7-8-14(9-15(12)18(19,20)21)22-17(26)16-11-25(24-23-16)10-13-5-3-2-4-6-13/h2-9,11H,10H2,1H3,(H,22,26). The van der Waals surface area contributed by atoms with Crippen LogP contribution in [-0.4, -0.2) is 20.9 Å². The maximum Gasteiger partial charge on any atom is 0.416 e. The van der Waals surface area contributed by atoms with E-state index in [1.165, 1.54) is 29.9 Å². The zero-order valence-corrected chi connectivity index (χ0v) is 13.8. The van der Waals surface area contributed by atoms with Gasteiger partial charge in [-0.05, 0) is 30.2 Å². The Kier molecular flexibility index (Phi) is 4.75. The number of nitrogens with zero attached hydrogens (tertiary/aromatic N) is 3.